The Morgan fingerprint density at radius 3 is 2.65 bits per heavy atom. The fourth-order valence-corrected chi connectivity index (χ4v) is 3.85. The van der Waals surface area contributed by atoms with E-state index in [2.05, 4.69) is 83.6 Å². The van der Waals surface area contributed by atoms with Crippen LogP contribution in [0.2, 0.25) is 0 Å². The van der Waals surface area contributed by atoms with E-state index in [9.17, 15) is 0 Å². The van der Waals surface area contributed by atoms with E-state index in [1.165, 1.54) is 26.2 Å². The highest BCUT2D eigenvalue weighted by Crippen LogP contribution is 2.32. The van der Waals surface area contributed by atoms with Gasteiger partial charge in [0.15, 0.2) is 0 Å². The highest BCUT2D eigenvalue weighted by atomic mass is 79.9. The molecule has 1 unspecified atom stereocenters. The summed E-state index contributed by atoms with van der Waals surface area (Å²) in [5.74, 6) is 0. The van der Waals surface area contributed by atoms with Gasteiger partial charge in [-0.1, -0.05) is 34.1 Å². The molecular formula is C17H16BrNS. The Labute approximate surface area is 131 Å². The molecular weight excluding hydrogens is 330 g/mol. The summed E-state index contributed by atoms with van der Waals surface area (Å²) in [5, 5.41) is 4.93. The van der Waals surface area contributed by atoms with Crippen molar-refractivity contribution in [1.29, 1.82) is 0 Å². The zero-order valence-electron chi connectivity index (χ0n) is 11.5. The van der Waals surface area contributed by atoms with E-state index in [1.54, 1.807) is 0 Å². The number of fused-ring (bicyclic) bond motifs is 1. The van der Waals surface area contributed by atoms with Crippen molar-refractivity contribution in [2.45, 2.75) is 19.9 Å². The Balaban J connectivity index is 1.86. The van der Waals surface area contributed by atoms with Crippen LogP contribution in [0, 0.1) is 6.92 Å². The third-order valence-electron chi connectivity index (χ3n) is 3.43. The van der Waals surface area contributed by atoms with Crippen LogP contribution in [0.4, 0.5) is 5.69 Å². The molecule has 0 aliphatic carbocycles. The predicted molar refractivity (Wildman–Crippen MR) is 92.7 cm³/mol. The van der Waals surface area contributed by atoms with Crippen LogP contribution in [0.1, 0.15) is 23.4 Å². The molecule has 20 heavy (non-hydrogen) atoms. The van der Waals surface area contributed by atoms with E-state index < -0.39 is 0 Å². The van der Waals surface area contributed by atoms with Crippen LogP contribution < -0.4 is 5.32 Å². The molecule has 2 aromatic carbocycles. The molecule has 102 valence electrons. The maximum atomic E-state index is 3.60. The molecule has 1 atom stereocenters. The van der Waals surface area contributed by atoms with E-state index in [0.29, 0.717) is 6.04 Å². The van der Waals surface area contributed by atoms with Gasteiger partial charge in [-0.25, -0.2) is 0 Å². The number of hydrogen-bond donors (Lipinski definition) is 1. The lowest BCUT2D eigenvalue weighted by molar-refractivity contribution is 0.906. The van der Waals surface area contributed by atoms with E-state index in [-0.39, 0.29) is 0 Å². The average Bonchev–Trinajstić information content (AvgIpc) is 2.86. The van der Waals surface area contributed by atoms with Crippen molar-refractivity contribution in [3.05, 3.63) is 63.4 Å². The third kappa shape index (κ3) is 2.74. The Hall–Kier alpha value is -1.32. The van der Waals surface area contributed by atoms with Crippen LogP contribution in [0.3, 0.4) is 0 Å². The van der Waals surface area contributed by atoms with Crippen LogP contribution >= 0.6 is 27.3 Å². The first-order valence-corrected chi connectivity index (χ1v) is 8.25. The summed E-state index contributed by atoms with van der Waals surface area (Å²) in [4.78, 5) is 1.37. The maximum absolute atomic E-state index is 3.60. The topological polar surface area (TPSA) is 12.0 Å². The molecule has 1 nitrogen and oxygen atoms in total. The van der Waals surface area contributed by atoms with E-state index in [1.807, 2.05) is 11.3 Å². The highest BCUT2D eigenvalue weighted by molar-refractivity contribution is 9.10. The van der Waals surface area contributed by atoms with Crippen LogP contribution in [-0.2, 0) is 0 Å². The molecule has 3 heteroatoms. The zero-order valence-corrected chi connectivity index (χ0v) is 13.9. The number of aryl methyl sites for hydroxylation is 1. The van der Waals surface area contributed by atoms with Gasteiger partial charge < -0.3 is 5.32 Å². The Bertz CT molecular complexity index is 715. The predicted octanol–water partition coefficient (Wildman–Crippen LogP) is 6.15. The van der Waals surface area contributed by atoms with Crippen LogP contribution in [0.15, 0.2) is 53.0 Å². The van der Waals surface area contributed by atoms with E-state index in [0.717, 1.165) is 4.47 Å². The Kier molecular flexibility index (Phi) is 3.81. The Morgan fingerprint density at radius 2 is 1.90 bits per heavy atom. The number of hydrogen-bond acceptors (Lipinski definition) is 2. The molecule has 3 aromatic rings. The Morgan fingerprint density at radius 1 is 1.10 bits per heavy atom. The molecule has 0 saturated carbocycles. The van der Waals surface area contributed by atoms with Crippen molar-refractivity contribution in [3.63, 3.8) is 0 Å². The minimum Gasteiger partial charge on any atom is -0.377 e. The summed E-state index contributed by atoms with van der Waals surface area (Å²) < 4.78 is 2.47. The van der Waals surface area contributed by atoms with Gasteiger partial charge in [-0.05, 0) is 55.1 Å². The average molecular weight is 346 g/mol. The lowest BCUT2D eigenvalue weighted by Crippen LogP contribution is -2.05. The third-order valence-corrected chi connectivity index (χ3v) is 5.22. The van der Waals surface area contributed by atoms with Gasteiger partial charge >= 0.3 is 0 Å². The smallest absolute Gasteiger partial charge is 0.0579 e. The molecule has 0 radical (unpaired) electrons. The second-order valence-corrected chi connectivity index (χ2v) is 7.04. The van der Waals surface area contributed by atoms with Crippen LogP contribution in [0.5, 0.6) is 0 Å². The minimum atomic E-state index is 0.312. The van der Waals surface area contributed by atoms with Crippen LogP contribution in [0.25, 0.3) is 10.1 Å². The molecule has 0 saturated heterocycles. The normalized spacial score (nSPS) is 12.6. The fraction of sp³-hybridized carbons (Fsp3) is 0.176. The largest absolute Gasteiger partial charge is 0.377 e. The number of halogens is 1. The van der Waals surface area contributed by atoms with Gasteiger partial charge in [0.1, 0.15) is 0 Å². The van der Waals surface area contributed by atoms with Gasteiger partial charge in [0.2, 0.25) is 0 Å². The molecule has 0 amide bonds. The molecule has 1 aromatic heterocycles. The van der Waals surface area contributed by atoms with E-state index >= 15 is 0 Å². The first kappa shape index (κ1) is 13.7. The molecule has 0 spiro atoms. The fourth-order valence-electron chi connectivity index (χ4n) is 2.31. The van der Waals surface area contributed by atoms with Crippen LogP contribution in [-0.4, -0.2) is 0 Å². The maximum Gasteiger partial charge on any atom is 0.0579 e. The SMILES string of the molecule is Cc1cc(Br)ccc1NC(C)c1cc2ccccc2s1. The first-order chi connectivity index (χ1) is 9.63. The number of benzene rings is 2. The molecule has 1 N–H and O–H groups in total. The van der Waals surface area contributed by atoms with Gasteiger partial charge in [0.05, 0.1) is 6.04 Å². The molecule has 0 aliphatic rings. The number of rotatable bonds is 3. The second kappa shape index (κ2) is 5.58. The molecule has 3 rings (SSSR count). The lowest BCUT2D eigenvalue weighted by atomic mass is 10.1. The van der Waals surface area contributed by atoms with Crippen molar-refractivity contribution in [2.24, 2.45) is 0 Å². The van der Waals surface area contributed by atoms with Gasteiger partial charge in [0.25, 0.3) is 0 Å². The van der Waals surface area contributed by atoms with Crippen molar-refractivity contribution in [2.75, 3.05) is 5.32 Å². The molecule has 1 heterocycles. The number of nitrogens with one attached hydrogen (secondary N) is 1. The monoisotopic (exact) mass is 345 g/mol. The highest BCUT2D eigenvalue weighted by Gasteiger charge is 2.10. The summed E-state index contributed by atoms with van der Waals surface area (Å²) in [5.41, 5.74) is 2.45. The summed E-state index contributed by atoms with van der Waals surface area (Å²) in [6.45, 7) is 4.34. The summed E-state index contributed by atoms with van der Waals surface area (Å²) in [6, 6.07) is 17.5. The van der Waals surface area contributed by atoms with Gasteiger partial charge in [-0.3, -0.25) is 0 Å². The second-order valence-electron chi connectivity index (χ2n) is 5.01. The van der Waals surface area contributed by atoms with Crippen molar-refractivity contribution < 1.29 is 0 Å². The molecule has 0 fully saturated rings. The van der Waals surface area contributed by atoms with Crippen molar-refractivity contribution in [1.82, 2.24) is 0 Å². The van der Waals surface area contributed by atoms with E-state index in [4.69, 9.17) is 0 Å². The summed E-state index contributed by atoms with van der Waals surface area (Å²) in [6.07, 6.45) is 0. The standard InChI is InChI=1S/C17H16BrNS/c1-11-9-14(18)7-8-15(11)19-12(2)17-10-13-5-3-4-6-16(13)20-17/h3-10,12,19H,1-2H3. The number of anilines is 1. The summed E-state index contributed by atoms with van der Waals surface area (Å²) in [7, 11) is 0. The van der Waals surface area contributed by atoms with Gasteiger partial charge in [-0.15, -0.1) is 11.3 Å². The number of thiophene rings is 1. The lowest BCUT2D eigenvalue weighted by Gasteiger charge is -2.16. The molecule has 0 aliphatic heterocycles. The molecule has 0 bridgehead atoms. The van der Waals surface area contributed by atoms with Gasteiger partial charge in [0, 0.05) is 19.7 Å². The minimum absolute atomic E-state index is 0.312. The quantitative estimate of drug-likeness (QED) is 0.600. The zero-order chi connectivity index (χ0) is 14.1. The van der Waals surface area contributed by atoms with Crippen molar-refractivity contribution >= 4 is 43.0 Å². The van der Waals surface area contributed by atoms with Crippen molar-refractivity contribution in [3.8, 4) is 0 Å². The summed E-state index contributed by atoms with van der Waals surface area (Å²) >= 11 is 5.37. The first-order valence-electron chi connectivity index (χ1n) is 6.64. The van der Waals surface area contributed by atoms with Gasteiger partial charge in [-0.2, -0.15) is 0 Å².